The molecule has 1 aliphatic rings. The second kappa shape index (κ2) is 5.40. The van der Waals surface area contributed by atoms with E-state index in [4.69, 9.17) is 0 Å². The van der Waals surface area contributed by atoms with Crippen molar-refractivity contribution < 1.29 is 4.92 Å². The first-order valence-corrected chi connectivity index (χ1v) is 6.88. The normalized spacial score (nSPS) is 26.2. The average Bonchev–Trinajstić information content (AvgIpc) is 2.40. The predicted octanol–water partition coefficient (Wildman–Crippen LogP) is 3.62. The first-order chi connectivity index (χ1) is 8.70. The molecule has 1 aromatic carbocycles. The second-order valence-corrected chi connectivity index (χ2v) is 5.59. The molecular formula is C14H15NO2S. The molecule has 18 heavy (non-hydrogen) atoms. The predicted molar refractivity (Wildman–Crippen MR) is 75.3 cm³/mol. The molecule has 0 radical (unpaired) electrons. The van der Waals surface area contributed by atoms with Crippen LogP contribution in [0.3, 0.4) is 0 Å². The van der Waals surface area contributed by atoms with E-state index >= 15 is 0 Å². The second-order valence-electron chi connectivity index (χ2n) is 4.07. The van der Waals surface area contributed by atoms with Crippen LogP contribution >= 0.6 is 11.8 Å². The molecule has 0 saturated heterocycles. The van der Waals surface area contributed by atoms with Crippen LogP contribution in [0.5, 0.6) is 0 Å². The zero-order valence-electron chi connectivity index (χ0n) is 10.2. The smallest absolute Gasteiger partial charge is 0.263 e. The Morgan fingerprint density at radius 1 is 1.33 bits per heavy atom. The molecule has 0 aromatic heterocycles. The molecule has 0 saturated carbocycles. The van der Waals surface area contributed by atoms with Crippen LogP contribution in [0.1, 0.15) is 18.4 Å². The molecule has 0 bridgehead atoms. The summed E-state index contributed by atoms with van der Waals surface area (Å²) in [6.45, 7) is 1.95. The maximum Gasteiger partial charge on any atom is 0.296 e. The highest BCUT2D eigenvalue weighted by atomic mass is 32.2. The third-order valence-corrected chi connectivity index (χ3v) is 4.31. The lowest BCUT2D eigenvalue weighted by atomic mass is 9.88. The van der Waals surface area contributed by atoms with Crippen LogP contribution in [0.15, 0.2) is 54.6 Å². The molecule has 1 aromatic rings. The van der Waals surface area contributed by atoms with Gasteiger partial charge in [0.1, 0.15) is 0 Å². The summed E-state index contributed by atoms with van der Waals surface area (Å²) in [7, 11) is 0. The molecule has 0 aliphatic heterocycles. The van der Waals surface area contributed by atoms with E-state index in [1.165, 1.54) is 11.8 Å². The van der Waals surface area contributed by atoms with Crippen LogP contribution in [-0.2, 0) is 0 Å². The fraction of sp³-hybridized carbons (Fsp3) is 0.286. The molecule has 94 valence electrons. The number of allylic oxidation sites excluding steroid dienone is 2. The first-order valence-electron chi connectivity index (χ1n) is 5.90. The van der Waals surface area contributed by atoms with Crippen molar-refractivity contribution >= 4 is 11.8 Å². The van der Waals surface area contributed by atoms with Crippen LogP contribution in [0.25, 0.3) is 0 Å². The van der Waals surface area contributed by atoms with Gasteiger partial charge < -0.3 is 0 Å². The Labute approximate surface area is 111 Å². The van der Waals surface area contributed by atoms with E-state index in [1.54, 1.807) is 12.2 Å². The zero-order valence-corrected chi connectivity index (χ0v) is 11.0. The Hall–Kier alpha value is -1.55. The van der Waals surface area contributed by atoms with Crippen LogP contribution < -0.4 is 0 Å². The summed E-state index contributed by atoms with van der Waals surface area (Å²) in [5, 5.41) is 11.5. The van der Waals surface area contributed by atoms with Crippen molar-refractivity contribution in [1.82, 2.24) is 0 Å². The number of benzene rings is 1. The summed E-state index contributed by atoms with van der Waals surface area (Å²) >= 11 is 1.37. The van der Waals surface area contributed by atoms with Crippen LogP contribution in [0, 0.1) is 10.1 Å². The lowest BCUT2D eigenvalue weighted by Crippen LogP contribution is -2.39. The number of thioether (sulfide) groups is 1. The van der Waals surface area contributed by atoms with Gasteiger partial charge in [-0.1, -0.05) is 67.2 Å². The summed E-state index contributed by atoms with van der Waals surface area (Å²) in [6.07, 6.45) is 7.28. The molecule has 3 nitrogen and oxygen atoms in total. The largest absolute Gasteiger partial charge is 0.296 e. The Morgan fingerprint density at radius 2 is 2.06 bits per heavy atom. The van der Waals surface area contributed by atoms with E-state index in [1.807, 2.05) is 49.4 Å². The van der Waals surface area contributed by atoms with E-state index < -0.39 is 4.87 Å². The maximum atomic E-state index is 11.5. The van der Waals surface area contributed by atoms with Crippen LogP contribution in [-0.4, -0.2) is 15.5 Å². The van der Waals surface area contributed by atoms with Gasteiger partial charge in [-0.25, -0.2) is 0 Å². The van der Waals surface area contributed by atoms with Gasteiger partial charge in [0.05, 0.1) is 5.92 Å². The lowest BCUT2D eigenvalue weighted by molar-refractivity contribution is -0.527. The molecule has 0 spiro atoms. The lowest BCUT2D eigenvalue weighted by Gasteiger charge is -2.29. The van der Waals surface area contributed by atoms with Crippen molar-refractivity contribution in [3.05, 3.63) is 70.3 Å². The van der Waals surface area contributed by atoms with E-state index in [0.29, 0.717) is 5.75 Å². The number of nitrogens with zero attached hydrogens (tertiary/aromatic N) is 1. The number of hydrogen-bond acceptors (Lipinski definition) is 3. The highest BCUT2D eigenvalue weighted by Gasteiger charge is 2.48. The number of hydrogen-bond donors (Lipinski definition) is 0. The van der Waals surface area contributed by atoms with Gasteiger partial charge in [-0.3, -0.25) is 10.1 Å². The number of nitro groups is 1. The van der Waals surface area contributed by atoms with E-state index in [2.05, 4.69) is 0 Å². The van der Waals surface area contributed by atoms with Crippen molar-refractivity contribution in [2.75, 3.05) is 5.75 Å². The standard InChI is InChI=1S/C14H15NO2S/c1-2-18-14(15(16)17)11-7-6-10-13(14)12-8-4-3-5-9-12/h3-11,13H,2H2,1H3. The quantitative estimate of drug-likeness (QED) is 0.472. The van der Waals surface area contributed by atoms with Crippen LogP contribution in [0.2, 0.25) is 0 Å². The third kappa shape index (κ3) is 2.20. The molecular weight excluding hydrogens is 246 g/mol. The summed E-state index contributed by atoms with van der Waals surface area (Å²) < 4.78 is 0. The van der Waals surface area contributed by atoms with Crippen molar-refractivity contribution in [3.63, 3.8) is 0 Å². The zero-order chi connectivity index (χ0) is 13.0. The molecule has 4 heteroatoms. The Balaban J connectivity index is 2.46. The molecule has 2 rings (SSSR count). The minimum atomic E-state index is -1.08. The SMILES string of the molecule is CCSC1([N+](=O)[O-])C=CC=CC1c1ccccc1. The molecule has 0 heterocycles. The van der Waals surface area contributed by atoms with Gasteiger partial charge in [-0.05, 0) is 11.3 Å². The molecule has 2 unspecified atom stereocenters. The van der Waals surface area contributed by atoms with Gasteiger partial charge in [0.2, 0.25) is 0 Å². The topological polar surface area (TPSA) is 43.1 Å². The molecule has 2 atom stereocenters. The molecule has 1 aliphatic carbocycles. The number of rotatable bonds is 4. The molecule has 0 amide bonds. The van der Waals surface area contributed by atoms with Crippen molar-refractivity contribution in [3.8, 4) is 0 Å². The van der Waals surface area contributed by atoms with Gasteiger partial charge in [-0.2, -0.15) is 0 Å². The minimum Gasteiger partial charge on any atom is -0.263 e. The highest BCUT2D eigenvalue weighted by molar-refractivity contribution is 8.00. The van der Waals surface area contributed by atoms with Gasteiger partial charge >= 0.3 is 0 Å². The maximum absolute atomic E-state index is 11.5. The fourth-order valence-electron chi connectivity index (χ4n) is 2.22. The summed E-state index contributed by atoms with van der Waals surface area (Å²) in [5.74, 6) is 0.492. The summed E-state index contributed by atoms with van der Waals surface area (Å²) in [5.41, 5.74) is 0.982. The average molecular weight is 261 g/mol. The van der Waals surface area contributed by atoms with Crippen molar-refractivity contribution in [2.45, 2.75) is 17.7 Å². The Bertz CT molecular complexity index is 484. The Morgan fingerprint density at radius 3 is 2.67 bits per heavy atom. The van der Waals surface area contributed by atoms with E-state index in [-0.39, 0.29) is 10.8 Å². The van der Waals surface area contributed by atoms with Gasteiger partial charge in [0, 0.05) is 11.0 Å². The molecule has 0 fully saturated rings. The Kier molecular flexibility index (Phi) is 3.87. The monoisotopic (exact) mass is 261 g/mol. The van der Waals surface area contributed by atoms with Gasteiger partial charge in [0.25, 0.3) is 4.87 Å². The van der Waals surface area contributed by atoms with Gasteiger partial charge in [0.15, 0.2) is 0 Å². The van der Waals surface area contributed by atoms with Crippen molar-refractivity contribution in [1.29, 1.82) is 0 Å². The third-order valence-electron chi connectivity index (χ3n) is 3.01. The fourth-order valence-corrected chi connectivity index (χ4v) is 3.35. The first kappa shape index (κ1) is 12.9. The van der Waals surface area contributed by atoms with Gasteiger partial charge in [-0.15, -0.1) is 0 Å². The van der Waals surface area contributed by atoms with E-state index in [0.717, 1.165) is 5.56 Å². The molecule has 0 N–H and O–H groups in total. The highest BCUT2D eigenvalue weighted by Crippen LogP contribution is 2.44. The summed E-state index contributed by atoms with van der Waals surface area (Å²) in [6, 6.07) is 9.66. The van der Waals surface area contributed by atoms with Crippen molar-refractivity contribution in [2.24, 2.45) is 0 Å². The van der Waals surface area contributed by atoms with E-state index in [9.17, 15) is 10.1 Å². The van der Waals surface area contributed by atoms with Crippen LogP contribution in [0.4, 0.5) is 0 Å². The minimum absolute atomic E-state index is 0.168. The summed E-state index contributed by atoms with van der Waals surface area (Å²) in [4.78, 5) is 10.3.